The standard InChI is InChI=1S/C31H42N4O6/c1-40-23-12-13-24-25(19-32-26(24)18-23)29(37)31(39)35(20-27(36)34-14-16-41-17-15-34)28(21-8-4-2-5-9-21)30(38)33-22-10-6-3-7-11-22/h12-13,18-19,21-22,28,32H,2-11,14-17,20H2,1H3,(H,33,38)/t28-/m1/s1. The molecule has 2 saturated carbocycles. The third-order valence-electron chi connectivity index (χ3n) is 8.91. The van der Waals surface area contributed by atoms with Gasteiger partial charge in [0, 0.05) is 42.3 Å². The molecule has 2 N–H and O–H groups in total. The summed E-state index contributed by atoms with van der Waals surface area (Å²) in [6, 6.07) is 4.40. The van der Waals surface area contributed by atoms with Gasteiger partial charge in [-0.05, 0) is 43.7 Å². The molecule has 3 amide bonds. The lowest BCUT2D eigenvalue weighted by molar-refractivity contribution is -0.147. The molecule has 2 aliphatic carbocycles. The van der Waals surface area contributed by atoms with E-state index >= 15 is 0 Å². The van der Waals surface area contributed by atoms with Crippen molar-refractivity contribution < 1.29 is 28.7 Å². The minimum absolute atomic E-state index is 0.0496. The van der Waals surface area contributed by atoms with E-state index in [9.17, 15) is 19.2 Å². The average Bonchev–Trinajstić information content (AvgIpc) is 3.44. The molecule has 1 saturated heterocycles. The van der Waals surface area contributed by atoms with Gasteiger partial charge >= 0.3 is 0 Å². The topological polar surface area (TPSA) is 121 Å². The Morgan fingerprint density at radius 2 is 1.71 bits per heavy atom. The number of ketones is 1. The highest BCUT2D eigenvalue weighted by molar-refractivity contribution is 6.45. The number of benzene rings is 1. The Morgan fingerprint density at radius 1 is 1.02 bits per heavy atom. The number of ether oxygens (including phenoxy) is 2. The van der Waals surface area contributed by atoms with Gasteiger partial charge < -0.3 is 29.6 Å². The number of morpholine rings is 1. The van der Waals surface area contributed by atoms with E-state index in [0.29, 0.717) is 43.0 Å². The van der Waals surface area contributed by atoms with E-state index in [1.54, 1.807) is 30.2 Å². The van der Waals surface area contributed by atoms with Gasteiger partial charge in [-0.3, -0.25) is 19.2 Å². The Hall–Kier alpha value is -3.40. The summed E-state index contributed by atoms with van der Waals surface area (Å²) >= 11 is 0. The van der Waals surface area contributed by atoms with Crippen molar-refractivity contribution in [2.24, 2.45) is 5.92 Å². The Kier molecular flexibility index (Phi) is 9.59. The van der Waals surface area contributed by atoms with Gasteiger partial charge in [0.15, 0.2) is 0 Å². The second-order valence-electron chi connectivity index (χ2n) is 11.6. The average molecular weight is 567 g/mol. The molecule has 5 rings (SSSR count). The summed E-state index contributed by atoms with van der Waals surface area (Å²) in [5.74, 6) is -1.57. The molecule has 0 spiro atoms. The van der Waals surface area contributed by atoms with Gasteiger partial charge in [0.2, 0.25) is 11.8 Å². The van der Waals surface area contributed by atoms with Crippen molar-refractivity contribution in [3.05, 3.63) is 30.0 Å². The van der Waals surface area contributed by atoms with Crippen molar-refractivity contribution in [2.75, 3.05) is 40.0 Å². The summed E-state index contributed by atoms with van der Waals surface area (Å²) in [5, 5.41) is 3.80. The summed E-state index contributed by atoms with van der Waals surface area (Å²) in [6.45, 7) is 1.36. The summed E-state index contributed by atoms with van der Waals surface area (Å²) in [7, 11) is 1.56. The number of nitrogens with zero attached hydrogens (tertiary/aromatic N) is 2. The van der Waals surface area contributed by atoms with E-state index in [2.05, 4.69) is 10.3 Å². The fourth-order valence-corrected chi connectivity index (χ4v) is 6.61. The maximum Gasteiger partial charge on any atom is 0.296 e. The van der Waals surface area contributed by atoms with Gasteiger partial charge in [0.25, 0.3) is 11.7 Å². The normalized spacial score (nSPS) is 19.5. The van der Waals surface area contributed by atoms with E-state index in [1.807, 2.05) is 0 Å². The number of nitrogens with one attached hydrogen (secondary N) is 2. The van der Waals surface area contributed by atoms with Gasteiger partial charge in [-0.1, -0.05) is 38.5 Å². The molecule has 0 unspecified atom stereocenters. The molecular weight excluding hydrogens is 524 g/mol. The van der Waals surface area contributed by atoms with Crippen LogP contribution in [0.4, 0.5) is 0 Å². The van der Waals surface area contributed by atoms with Crippen molar-refractivity contribution >= 4 is 34.4 Å². The summed E-state index contributed by atoms with van der Waals surface area (Å²) in [4.78, 5) is 61.6. The van der Waals surface area contributed by atoms with Crippen LogP contribution in [0.25, 0.3) is 10.9 Å². The number of amides is 3. The minimum atomic E-state index is -0.885. The first-order valence-corrected chi connectivity index (χ1v) is 15.1. The predicted octanol–water partition coefficient (Wildman–Crippen LogP) is 3.44. The Labute approximate surface area is 241 Å². The fourth-order valence-electron chi connectivity index (χ4n) is 6.61. The quantitative estimate of drug-likeness (QED) is 0.354. The Bertz CT molecular complexity index is 1240. The number of rotatable bonds is 9. The Morgan fingerprint density at radius 3 is 2.39 bits per heavy atom. The number of carbonyl (C=O) groups excluding carboxylic acids is 4. The van der Waals surface area contributed by atoms with Crippen LogP contribution in [0.5, 0.6) is 5.75 Å². The molecule has 1 aliphatic heterocycles. The maximum absolute atomic E-state index is 14.2. The first-order valence-electron chi connectivity index (χ1n) is 15.1. The zero-order chi connectivity index (χ0) is 28.8. The van der Waals surface area contributed by atoms with Crippen LogP contribution in [0.15, 0.2) is 24.4 Å². The smallest absolute Gasteiger partial charge is 0.296 e. The zero-order valence-electron chi connectivity index (χ0n) is 24.0. The molecule has 1 atom stereocenters. The second-order valence-corrected chi connectivity index (χ2v) is 11.6. The number of methoxy groups -OCH3 is 1. The number of Topliss-reactive ketones (excluding diaryl/α,β-unsaturated/α-hetero) is 1. The third kappa shape index (κ3) is 6.74. The van der Waals surface area contributed by atoms with Gasteiger partial charge in [-0.15, -0.1) is 0 Å². The van der Waals surface area contributed by atoms with Gasteiger partial charge in [0.1, 0.15) is 18.3 Å². The highest BCUT2D eigenvalue weighted by Gasteiger charge is 2.42. The van der Waals surface area contributed by atoms with E-state index < -0.39 is 17.7 Å². The number of hydrogen-bond donors (Lipinski definition) is 2. The zero-order valence-corrected chi connectivity index (χ0v) is 24.0. The minimum Gasteiger partial charge on any atom is -0.497 e. The lowest BCUT2D eigenvalue weighted by Crippen LogP contribution is -2.59. The molecule has 41 heavy (non-hydrogen) atoms. The Balaban J connectivity index is 1.47. The SMILES string of the molecule is COc1ccc2c(C(=O)C(=O)N(CC(=O)N3CCOCC3)[C@@H](C(=O)NC3CCCCC3)C3CCCCC3)c[nH]c2c1. The molecule has 0 bridgehead atoms. The number of aromatic nitrogens is 1. The molecule has 10 heteroatoms. The summed E-state index contributed by atoms with van der Waals surface area (Å²) < 4.78 is 10.7. The van der Waals surface area contributed by atoms with Crippen molar-refractivity contribution in [1.82, 2.24) is 20.1 Å². The van der Waals surface area contributed by atoms with Gasteiger partial charge in [-0.2, -0.15) is 0 Å². The number of aromatic amines is 1. The van der Waals surface area contributed by atoms with Crippen LogP contribution in [0, 0.1) is 5.92 Å². The number of hydrogen-bond acceptors (Lipinski definition) is 6. The van der Waals surface area contributed by atoms with Crippen LogP contribution < -0.4 is 10.1 Å². The number of fused-ring (bicyclic) bond motifs is 1. The largest absolute Gasteiger partial charge is 0.497 e. The third-order valence-corrected chi connectivity index (χ3v) is 8.91. The maximum atomic E-state index is 14.2. The number of H-pyrrole nitrogens is 1. The van der Waals surface area contributed by atoms with Crippen LogP contribution in [0.1, 0.15) is 74.6 Å². The lowest BCUT2D eigenvalue weighted by Gasteiger charge is -2.39. The van der Waals surface area contributed by atoms with E-state index in [-0.39, 0.29) is 35.9 Å². The van der Waals surface area contributed by atoms with Crippen molar-refractivity contribution in [3.8, 4) is 5.75 Å². The highest BCUT2D eigenvalue weighted by Crippen LogP contribution is 2.31. The summed E-state index contributed by atoms with van der Waals surface area (Å²) in [5.41, 5.74) is 0.877. The first-order chi connectivity index (χ1) is 20.0. The van der Waals surface area contributed by atoms with E-state index in [0.717, 1.165) is 64.2 Å². The van der Waals surface area contributed by atoms with Gasteiger partial charge in [-0.25, -0.2) is 0 Å². The molecule has 3 aliphatic rings. The summed E-state index contributed by atoms with van der Waals surface area (Å²) in [6.07, 6.45) is 11.1. The highest BCUT2D eigenvalue weighted by atomic mass is 16.5. The van der Waals surface area contributed by atoms with Crippen LogP contribution in [-0.4, -0.2) is 90.3 Å². The van der Waals surface area contributed by atoms with Crippen LogP contribution in [-0.2, 0) is 19.1 Å². The lowest BCUT2D eigenvalue weighted by atomic mass is 9.82. The molecule has 1 aromatic heterocycles. The van der Waals surface area contributed by atoms with Gasteiger partial charge in [0.05, 0.1) is 25.9 Å². The molecule has 222 valence electrons. The molecule has 10 nitrogen and oxygen atoms in total. The fraction of sp³-hybridized carbons (Fsp3) is 0.613. The van der Waals surface area contributed by atoms with Crippen molar-refractivity contribution in [1.29, 1.82) is 0 Å². The second kappa shape index (κ2) is 13.5. The molecule has 3 fully saturated rings. The van der Waals surface area contributed by atoms with Crippen LogP contribution >= 0.6 is 0 Å². The van der Waals surface area contributed by atoms with E-state index in [1.165, 1.54) is 11.1 Å². The first kappa shape index (κ1) is 29.1. The predicted molar refractivity (Wildman–Crippen MR) is 154 cm³/mol. The van der Waals surface area contributed by atoms with Crippen molar-refractivity contribution in [2.45, 2.75) is 76.3 Å². The van der Waals surface area contributed by atoms with E-state index in [4.69, 9.17) is 9.47 Å². The molecule has 0 radical (unpaired) electrons. The molecular formula is C31H42N4O6. The molecule has 2 aromatic rings. The van der Waals surface area contributed by atoms with Crippen molar-refractivity contribution in [3.63, 3.8) is 0 Å². The number of carbonyl (C=O) groups is 4. The van der Waals surface area contributed by atoms with Crippen LogP contribution in [0.3, 0.4) is 0 Å². The molecule has 2 heterocycles. The van der Waals surface area contributed by atoms with Crippen LogP contribution in [0.2, 0.25) is 0 Å². The molecule has 1 aromatic carbocycles. The monoisotopic (exact) mass is 566 g/mol.